The van der Waals surface area contributed by atoms with Crippen molar-refractivity contribution < 1.29 is 4.43 Å². The molecule has 0 aliphatic rings. The van der Waals surface area contributed by atoms with Gasteiger partial charge in [-0.2, -0.15) is 0 Å². The van der Waals surface area contributed by atoms with E-state index in [0.29, 0.717) is 0 Å². The van der Waals surface area contributed by atoms with Gasteiger partial charge in [0.2, 0.25) is 0 Å². The van der Waals surface area contributed by atoms with Gasteiger partial charge in [0.05, 0.1) is 0 Å². The van der Waals surface area contributed by atoms with Gasteiger partial charge in [0.25, 0.3) is 0 Å². The summed E-state index contributed by atoms with van der Waals surface area (Å²) in [6.07, 6.45) is 0. The molecule has 0 aliphatic carbocycles. The average Bonchev–Trinajstić information content (AvgIpc) is 2.04. The lowest BCUT2D eigenvalue weighted by Gasteiger charge is -2.70. The van der Waals surface area contributed by atoms with Gasteiger partial charge in [-0.15, -0.1) is 15.2 Å². The molecule has 0 aromatic rings. The molecule has 0 spiro atoms. The molecule has 0 N–H and O–H groups in total. The van der Waals surface area contributed by atoms with Crippen LogP contribution in [0.15, 0.2) is 0 Å². The minimum Gasteiger partial charge on any atom is -0.461 e. The van der Waals surface area contributed by atoms with Crippen LogP contribution in [0.25, 0.3) is 0 Å². The fourth-order valence-corrected chi connectivity index (χ4v) is 199. The molecule has 0 fully saturated rings. The van der Waals surface area contributed by atoms with E-state index < -0.39 is 37.2 Å². The monoisotopic (exact) mass is 379 g/mol. The van der Waals surface area contributed by atoms with Crippen LogP contribution in [-0.2, 0) is 4.43 Å². The van der Waals surface area contributed by atoms with E-state index in [1.54, 1.807) is 0 Å². The lowest BCUT2D eigenvalue weighted by atomic mass is 11.8. The molecule has 0 aromatic heterocycles. The van der Waals surface area contributed by atoms with E-state index in [1.165, 1.54) is 0 Å². The van der Waals surface area contributed by atoms with Gasteiger partial charge in [-0.25, -0.2) is 7.35 Å². The highest BCUT2D eigenvalue weighted by Crippen LogP contribution is 2.38. The van der Waals surface area contributed by atoms with Crippen molar-refractivity contribution in [3.05, 3.63) is 0 Å². The van der Waals surface area contributed by atoms with Crippen LogP contribution in [0.4, 0.5) is 0 Å². The van der Waals surface area contributed by atoms with Crippen molar-refractivity contribution in [3.8, 4) is 0 Å². The predicted molar refractivity (Wildman–Crippen MR) is 112 cm³/mol. The van der Waals surface area contributed by atoms with Gasteiger partial charge in [-0.05, 0) is 0 Å². The van der Waals surface area contributed by atoms with Gasteiger partial charge >= 0.3 is 0 Å². The van der Waals surface area contributed by atoms with E-state index in [0.717, 1.165) is 0 Å². The summed E-state index contributed by atoms with van der Waals surface area (Å²) in [5.41, 5.74) is 0. The first kappa shape index (κ1) is 21.3. The normalized spacial score (nSPS) is 15.9. The maximum absolute atomic E-state index is 6.76. The SMILES string of the molecule is CO[Si]([Si-]([Si](C)(C)C)[Si](C)(C)C)([Si](C)(C)C)[Si](C)(C)C. The van der Waals surface area contributed by atoms with E-state index in [9.17, 15) is 0 Å². The maximum atomic E-state index is 6.76. The first-order valence-corrected chi connectivity index (χ1v) is 30.3. The highest BCUT2D eigenvalue weighted by Gasteiger charge is 2.56. The summed E-state index contributed by atoms with van der Waals surface area (Å²) < 4.78 is 6.76. The van der Waals surface area contributed by atoms with Crippen LogP contribution < -0.4 is 0 Å². The second kappa shape index (κ2) is 6.05. The first-order chi connectivity index (χ1) is 8.43. The minimum atomic E-state index is -1.57. The Bertz CT molecular complexity index is 301. The fourth-order valence-electron chi connectivity index (χ4n) is 4.77. The van der Waals surface area contributed by atoms with Crippen molar-refractivity contribution in [3.63, 3.8) is 0 Å². The van der Waals surface area contributed by atoms with Crippen LogP contribution in [-0.4, -0.2) is 51.7 Å². The largest absolute Gasteiger partial charge is 0.461 e. The van der Waals surface area contributed by atoms with E-state index in [1.807, 2.05) is 0 Å². The molecule has 0 atom stereocenters. The van der Waals surface area contributed by atoms with Crippen LogP contribution in [0.2, 0.25) is 78.6 Å². The van der Waals surface area contributed by atoms with Gasteiger partial charge < -0.3 is 4.43 Å². The molecule has 0 heterocycles. The van der Waals surface area contributed by atoms with Crippen molar-refractivity contribution in [2.45, 2.75) is 78.6 Å². The van der Waals surface area contributed by atoms with Gasteiger partial charge in [0, 0.05) is 29.2 Å². The molecule has 0 amide bonds. The van der Waals surface area contributed by atoms with E-state index in [4.69, 9.17) is 4.43 Å². The third-order valence-corrected chi connectivity index (χ3v) is 112. The lowest BCUT2D eigenvalue weighted by molar-refractivity contribution is 0.437. The summed E-state index contributed by atoms with van der Waals surface area (Å²) >= 11 is 0. The van der Waals surface area contributed by atoms with E-state index >= 15 is 0 Å². The molecule has 0 aliphatic heterocycles. The van der Waals surface area contributed by atoms with Crippen LogP contribution in [0.5, 0.6) is 0 Å². The molecule has 0 bridgehead atoms. The number of hydrogen-bond donors (Lipinski definition) is 0. The molecular weight excluding hydrogens is 341 g/mol. The lowest BCUT2D eigenvalue weighted by Crippen LogP contribution is -2.89. The first-order valence-electron chi connectivity index (χ1n) is 7.86. The predicted octanol–water partition coefficient (Wildman–Crippen LogP) is 4.82. The van der Waals surface area contributed by atoms with Gasteiger partial charge in [0.1, 0.15) is 0 Å². The smallest absolute Gasteiger partial charge is 0.0329 e. The second-order valence-corrected chi connectivity index (χ2v) is 68.6. The van der Waals surface area contributed by atoms with Crippen molar-refractivity contribution in [2.75, 3.05) is 7.11 Å². The number of hydrogen-bond acceptors (Lipinski definition) is 1. The standard InChI is InChI=1S/C13H39OSi6/c1-14-20(18(8,9)10,19(11,12)13)15(16(2,3)4)17(5,6)7/h1-13H3/q-1. The number of rotatable bonds is 6. The molecule has 20 heavy (non-hydrogen) atoms. The Morgan fingerprint density at radius 2 is 0.800 bits per heavy atom. The zero-order chi connectivity index (χ0) is 16.8. The molecule has 0 saturated carbocycles. The van der Waals surface area contributed by atoms with Crippen molar-refractivity contribution >= 4 is 44.6 Å². The molecule has 1 nitrogen and oxygen atoms in total. The van der Waals surface area contributed by atoms with E-state index in [2.05, 4.69) is 85.7 Å². The van der Waals surface area contributed by atoms with Crippen LogP contribution in [0.1, 0.15) is 0 Å². The molecule has 0 saturated heterocycles. The Kier molecular flexibility index (Phi) is 6.43. The molecule has 122 valence electrons. The Balaban J connectivity index is 6.51. The third kappa shape index (κ3) is 3.96. The molecule has 0 unspecified atom stereocenters. The summed E-state index contributed by atoms with van der Waals surface area (Å²) in [6.45, 7) is 30.1. The van der Waals surface area contributed by atoms with Crippen molar-refractivity contribution in [1.82, 2.24) is 0 Å². The average molecular weight is 380 g/mol. The van der Waals surface area contributed by atoms with Gasteiger partial charge in [0.15, 0.2) is 0 Å². The highest BCUT2D eigenvalue weighted by molar-refractivity contribution is 8.02. The third-order valence-electron chi connectivity index (χ3n) is 4.27. The molecule has 0 rings (SSSR count). The Morgan fingerprint density at radius 3 is 0.850 bits per heavy atom. The summed E-state index contributed by atoms with van der Waals surface area (Å²) in [4.78, 5) is 0. The minimum absolute atomic E-state index is 0.321. The molecular formula is C13H39OSi6-. The maximum Gasteiger partial charge on any atom is 0.0329 e. The molecule has 7 heteroatoms. The van der Waals surface area contributed by atoms with Crippen LogP contribution in [0.3, 0.4) is 0 Å². The highest BCUT2D eigenvalue weighted by atomic mass is 30.2. The summed E-state index contributed by atoms with van der Waals surface area (Å²) in [6, 6.07) is 0. The zero-order valence-corrected chi connectivity index (χ0v) is 22.4. The van der Waals surface area contributed by atoms with Crippen molar-refractivity contribution in [2.24, 2.45) is 0 Å². The topological polar surface area (TPSA) is 9.23 Å². The zero-order valence-electron chi connectivity index (χ0n) is 16.4. The fraction of sp³-hybridized carbons (Fsp3) is 1.00. The Labute approximate surface area is 134 Å². The van der Waals surface area contributed by atoms with Crippen molar-refractivity contribution in [1.29, 1.82) is 0 Å². The molecule has 0 aromatic carbocycles. The molecule has 0 radical (unpaired) electrons. The van der Waals surface area contributed by atoms with Gasteiger partial charge in [-0.3, -0.25) is 0 Å². The quantitative estimate of drug-likeness (QED) is 0.601. The Hall–Kier alpha value is 1.26. The second-order valence-electron chi connectivity index (χ2n) is 10.3. The summed E-state index contributed by atoms with van der Waals surface area (Å²) in [7, 11) is -3.00. The van der Waals surface area contributed by atoms with Crippen LogP contribution in [0, 0.1) is 0 Å². The van der Waals surface area contributed by atoms with E-state index in [-0.39, 0.29) is 7.35 Å². The Morgan fingerprint density at radius 1 is 0.550 bits per heavy atom. The van der Waals surface area contributed by atoms with Gasteiger partial charge in [-0.1, -0.05) is 78.6 Å². The van der Waals surface area contributed by atoms with Crippen LogP contribution >= 0.6 is 0 Å². The summed E-state index contributed by atoms with van der Waals surface area (Å²) in [5.74, 6) is 0. The summed E-state index contributed by atoms with van der Waals surface area (Å²) in [5, 5.41) is 0.